The van der Waals surface area contributed by atoms with Crippen LogP contribution in [-0.4, -0.2) is 11.2 Å². The summed E-state index contributed by atoms with van der Waals surface area (Å²) in [5, 5.41) is 9.19. The van der Waals surface area contributed by atoms with E-state index in [4.69, 9.17) is 0 Å². The Morgan fingerprint density at radius 1 is 1.56 bits per heavy atom. The first-order valence-corrected chi connectivity index (χ1v) is 3.73. The van der Waals surface area contributed by atoms with Gasteiger partial charge in [-0.3, -0.25) is 0 Å². The first kappa shape index (κ1) is 5.48. The molecule has 0 saturated heterocycles. The fraction of sp³-hybridized carbons (Fsp3) is 0.750. The Bertz CT molecular complexity index is 149. The fourth-order valence-electron chi connectivity index (χ4n) is 2.03. The highest BCUT2D eigenvalue weighted by atomic mass is 16.3. The van der Waals surface area contributed by atoms with Crippen molar-refractivity contribution in [3.05, 3.63) is 11.6 Å². The minimum absolute atomic E-state index is 0.0125. The van der Waals surface area contributed by atoms with Crippen LogP contribution in [-0.2, 0) is 0 Å². The summed E-state index contributed by atoms with van der Waals surface area (Å²) >= 11 is 0. The van der Waals surface area contributed by atoms with E-state index in [9.17, 15) is 5.11 Å². The number of aliphatic hydroxyl groups excluding tert-OH is 1. The second kappa shape index (κ2) is 1.84. The van der Waals surface area contributed by atoms with Crippen molar-refractivity contribution in [3.8, 4) is 0 Å². The molecule has 2 aliphatic rings. The summed E-state index contributed by atoms with van der Waals surface area (Å²) in [6, 6.07) is 0. The maximum absolute atomic E-state index is 9.19. The summed E-state index contributed by atoms with van der Waals surface area (Å²) in [4.78, 5) is 0. The van der Waals surface area contributed by atoms with Gasteiger partial charge in [0.15, 0.2) is 0 Å². The zero-order valence-corrected chi connectivity index (χ0v) is 5.51. The van der Waals surface area contributed by atoms with E-state index in [0.717, 1.165) is 18.8 Å². The molecule has 0 aromatic rings. The number of fused-ring (bicyclic) bond motifs is 1. The zero-order valence-electron chi connectivity index (χ0n) is 5.51. The van der Waals surface area contributed by atoms with E-state index in [1.165, 1.54) is 18.4 Å². The molecule has 2 rings (SSSR count). The van der Waals surface area contributed by atoms with Gasteiger partial charge in [0.05, 0.1) is 6.10 Å². The average Bonchev–Trinajstić information content (AvgIpc) is 2.22. The minimum Gasteiger partial charge on any atom is -0.393 e. The molecule has 2 unspecified atom stereocenters. The van der Waals surface area contributed by atoms with Crippen LogP contribution in [0.25, 0.3) is 0 Å². The topological polar surface area (TPSA) is 20.2 Å². The first-order valence-electron chi connectivity index (χ1n) is 3.73. The van der Waals surface area contributed by atoms with Crippen molar-refractivity contribution in [3.63, 3.8) is 0 Å². The molecule has 1 nitrogen and oxygen atoms in total. The number of rotatable bonds is 0. The van der Waals surface area contributed by atoms with Gasteiger partial charge in [-0.15, -0.1) is 0 Å². The molecule has 2 aliphatic carbocycles. The van der Waals surface area contributed by atoms with Crippen molar-refractivity contribution in [2.45, 2.75) is 31.8 Å². The van der Waals surface area contributed by atoms with Crippen LogP contribution in [0.1, 0.15) is 25.7 Å². The molecule has 0 aromatic carbocycles. The van der Waals surface area contributed by atoms with Crippen molar-refractivity contribution >= 4 is 0 Å². The minimum atomic E-state index is -0.0125. The second-order valence-electron chi connectivity index (χ2n) is 3.15. The number of hydrogen-bond acceptors (Lipinski definition) is 1. The van der Waals surface area contributed by atoms with Crippen LogP contribution in [0.2, 0.25) is 0 Å². The van der Waals surface area contributed by atoms with Crippen molar-refractivity contribution in [1.29, 1.82) is 0 Å². The van der Waals surface area contributed by atoms with Crippen molar-refractivity contribution in [2.24, 2.45) is 5.92 Å². The lowest BCUT2D eigenvalue weighted by Gasteiger charge is -2.00. The van der Waals surface area contributed by atoms with Crippen molar-refractivity contribution < 1.29 is 5.11 Å². The van der Waals surface area contributed by atoms with Crippen LogP contribution in [0, 0.1) is 5.92 Å². The van der Waals surface area contributed by atoms with Gasteiger partial charge in [-0.25, -0.2) is 0 Å². The predicted molar refractivity (Wildman–Crippen MR) is 36.0 cm³/mol. The number of hydrogen-bond donors (Lipinski definition) is 1. The number of allylic oxidation sites excluding steroid dienone is 1. The van der Waals surface area contributed by atoms with E-state index in [2.05, 4.69) is 6.08 Å². The lowest BCUT2D eigenvalue weighted by atomic mass is 10.1. The third-order valence-corrected chi connectivity index (χ3v) is 2.47. The highest BCUT2D eigenvalue weighted by molar-refractivity contribution is 5.18. The number of aliphatic hydroxyl groups is 1. The van der Waals surface area contributed by atoms with Crippen molar-refractivity contribution in [1.82, 2.24) is 0 Å². The second-order valence-corrected chi connectivity index (χ2v) is 3.15. The molecule has 0 radical (unpaired) electrons. The molecule has 2 atom stereocenters. The van der Waals surface area contributed by atoms with Gasteiger partial charge in [-0.2, -0.15) is 0 Å². The van der Waals surface area contributed by atoms with Crippen LogP contribution in [0.3, 0.4) is 0 Å². The largest absolute Gasteiger partial charge is 0.393 e. The molecule has 1 N–H and O–H groups in total. The summed E-state index contributed by atoms with van der Waals surface area (Å²) < 4.78 is 0. The molecule has 0 spiro atoms. The van der Waals surface area contributed by atoms with E-state index in [0.29, 0.717) is 0 Å². The van der Waals surface area contributed by atoms with E-state index >= 15 is 0 Å². The van der Waals surface area contributed by atoms with E-state index in [1.807, 2.05) is 0 Å². The van der Waals surface area contributed by atoms with Crippen LogP contribution in [0.5, 0.6) is 0 Å². The van der Waals surface area contributed by atoms with Crippen LogP contribution in [0.15, 0.2) is 11.6 Å². The average molecular weight is 124 g/mol. The Labute approximate surface area is 55.4 Å². The summed E-state index contributed by atoms with van der Waals surface area (Å²) in [6.07, 6.45) is 6.85. The van der Waals surface area contributed by atoms with Crippen molar-refractivity contribution in [2.75, 3.05) is 0 Å². The highest BCUT2D eigenvalue weighted by Crippen LogP contribution is 2.39. The van der Waals surface area contributed by atoms with Crippen LogP contribution < -0.4 is 0 Å². The quantitative estimate of drug-likeness (QED) is 0.485. The molecule has 9 heavy (non-hydrogen) atoms. The van der Waals surface area contributed by atoms with Gasteiger partial charge in [0.1, 0.15) is 0 Å². The van der Waals surface area contributed by atoms with E-state index < -0.39 is 0 Å². The maximum atomic E-state index is 9.19. The van der Waals surface area contributed by atoms with Gasteiger partial charge >= 0.3 is 0 Å². The third kappa shape index (κ3) is 0.799. The maximum Gasteiger partial charge on any atom is 0.0583 e. The summed E-state index contributed by atoms with van der Waals surface area (Å²) in [6.45, 7) is 0. The Kier molecular flexibility index (Phi) is 1.12. The van der Waals surface area contributed by atoms with Crippen LogP contribution in [0.4, 0.5) is 0 Å². The summed E-state index contributed by atoms with van der Waals surface area (Å²) in [5.41, 5.74) is 1.53. The summed E-state index contributed by atoms with van der Waals surface area (Å²) in [7, 11) is 0. The van der Waals surface area contributed by atoms with Gasteiger partial charge in [0, 0.05) is 0 Å². The summed E-state index contributed by atoms with van der Waals surface area (Å²) in [5.74, 6) is 0.764. The molecule has 0 amide bonds. The molecule has 1 saturated carbocycles. The van der Waals surface area contributed by atoms with Gasteiger partial charge < -0.3 is 5.11 Å². The van der Waals surface area contributed by atoms with E-state index in [-0.39, 0.29) is 6.10 Å². The smallest absolute Gasteiger partial charge is 0.0583 e. The Hall–Kier alpha value is -0.300. The molecular weight excluding hydrogens is 112 g/mol. The fourth-order valence-corrected chi connectivity index (χ4v) is 2.03. The zero-order chi connectivity index (χ0) is 6.27. The Balaban J connectivity index is 2.15. The normalized spacial score (nSPS) is 40.8. The van der Waals surface area contributed by atoms with E-state index in [1.54, 1.807) is 0 Å². The Morgan fingerprint density at radius 2 is 2.44 bits per heavy atom. The van der Waals surface area contributed by atoms with Gasteiger partial charge in [-0.1, -0.05) is 11.6 Å². The molecular formula is C8H12O. The third-order valence-electron chi connectivity index (χ3n) is 2.47. The van der Waals surface area contributed by atoms with Gasteiger partial charge in [0.25, 0.3) is 0 Å². The lowest BCUT2D eigenvalue weighted by molar-refractivity contribution is 0.177. The molecule has 0 bridgehead atoms. The van der Waals surface area contributed by atoms with Crippen LogP contribution >= 0.6 is 0 Å². The molecule has 1 fully saturated rings. The van der Waals surface area contributed by atoms with Gasteiger partial charge in [-0.05, 0) is 31.6 Å². The molecule has 0 aliphatic heterocycles. The first-order chi connectivity index (χ1) is 4.36. The molecule has 0 heterocycles. The lowest BCUT2D eigenvalue weighted by Crippen LogP contribution is -1.99. The monoisotopic (exact) mass is 124 g/mol. The molecule has 1 heteroatoms. The SMILES string of the molecule is OC1CC2=CCCC2C1. The molecule has 50 valence electrons. The van der Waals surface area contributed by atoms with Gasteiger partial charge in [0.2, 0.25) is 0 Å². The molecule has 0 aromatic heterocycles. The predicted octanol–water partition coefficient (Wildman–Crippen LogP) is 1.48. The Morgan fingerprint density at radius 3 is 3.22 bits per heavy atom. The standard InChI is InChI=1S/C8H12O/c9-8-4-6-2-1-3-7(6)5-8/h2,7-9H,1,3-5H2. The highest BCUT2D eigenvalue weighted by Gasteiger charge is 2.29.